The van der Waals surface area contributed by atoms with E-state index in [-0.39, 0.29) is 21.7 Å². The van der Waals surface area contributed by atoms with Crippen molar-refractivity contribution in [3.05, 3.63) is 224 Å². The molecule has 0 N–H and O–H groups in total. The predicted molar refractivity (Wildman–Crippen MR) is 314 cm³/mol. The highest BCUT2D eigenvalue weighted by atomic mass is 16.3. The van der Waals surface area contributed by atoms with E-state index < -0.39 is 0 Å². The topological polar surface area (TPSA) is 26.3 Å². The van der Waals surface area contributed by atoms with Crippen LogP contribution < -0.4 is 0 Å². The summed E-state index contributed by atoms with van der Waals surface area (Å²) in [6.07, 6.45) is 5.97. The summed E-state index contributed by atoms with van der Waals surface area (Å²) >= 11 is 0. The van der Waals surface area contributed by atoms with Crippen LogP contribution in [0.3, 0.4) is 0 Å². The van der Waals surface area contributed by atoms with Crippen LogP contribution in [0, 0.1) is 20.8 Å². The lowest BCUT2D eigenvalue weighted by Crippen LogP contribution is -2.18. The molecule has 5 aliphatic carbocycles. The molecule has 2 heterocycles. The maximum atomic E-state index is 6.51. The first-order valence-electron chi connectivity index (χ1n) is 27.2. The van der Waals surface area contributed by atoms with Gasteiger partial charge in [-0.1, -0.05) is 207 Å². The zero-order valence-electron chi connectivity index (χ0n) is 46.0. The number of rotatable bonds is 0. The number of furan rings is 2. The molecule has 74 heavy (non-hydrogen) atoms. The van der Waals surface area contributed by atoms with E-state index in [1.54, 1.807) is 5.57 Å². The van der Waals surface area contributed by atoms with Gasteiger partial charge >= 0.3 is 0 Å². The standard InChI is InChI=1S/C31H28O.C31H26O.C8H10.C2H6/c2*1-17-10-11-18-21-15-26-22(16-25(21)31(4,5)24(18)14-17)28-23(30(26,2)3)13-12-20-19-8-6-7-9-27(19)32-29(20)28;1-7-5-3-4-6-8(7)2;1-2/h6-10,12-16,18H,11H2,1-5H3;6-16H,1-5H3;3-6H,1-2H3;1-2H3. The van der Waals surface area contributed by atoms with E-state index in [0.717, 1.165) is 28.8 Å². The number of hydrogen-bond donors (Lipinski definition) is 0. The number of hydrogen-bond acceptors (Lipinski definition) is 2. The molecule has 370 valence electrons. The fraction of sp³-hybridized carbons (Fsp3) is 0.278. The normalized spacial score (nSPS) is 17.7. The first-order valence-corrected chi connectivity index (χ1v) is 27.2. The Hall–Kier alpha value is -7.16. The molecule has 0 spiro atoms. The summed E-state index contributed by atoms with van der Waals surface area (Å²) in [5.74, 6) is 0.514. The summed E-state index contributed by atoms with van der Waals surface area (Å²) in [6, 6.07) is 51.3. The van der Waals surface area contributed by atoms with E-state index in [4.69, 9.17) is 8.83 Å². The molecule has 0 saturated heterocycles. The zero-order valence-corrected chi connectivity index (χ0v) is 46.0. The highest BCUT2D eigenvalue weighted by molar-refractivity contribution is 6.13. The second-order valence-electron chi connectivity index (χ2n) is 23.8. The molecule has 2 aromatic heterocycles. The quantitative estimate of drug-likeness (QED) is 0.151. The highest BCUT2D eigenvalue weighted by Gasteiger charge is 2.47. The Morgan fingerprint density at radius 1 is 0.405 bits per heavy atom. The monoisotopic (exact) mass is 967 g/mol. The number of benzene rings is 8. The Labute approximate surface area is 438 Å². The molecule has 10 aromatic rings. The van der Waals surface area contributed by atoms with Gasteiger partial charge < -0.3 is 8.83 Å². The summed E-state index contributed by atoms with van der Waals surface area (Å²) in [7, 11) is 0. The smallest absolute Gasteiger partial charge is 0.143 e. The van der Waals surface area contributed by atoms with Crippen LogP contribution in [0.5, 0.6) is 0 Å². The van der Waals surface area contributed by atoms with Crippen LogP contribution in [-0.4, -0.2) is 0 Å². The maximum Gasteiger partial charge on any atom is 0.143 e. The average Bonchev–Trinajstić information content (AvgIpc) is 4.20. The van der Waals surface area contributed by atoms with Crippen molar-refractivity contribution in [2.24, 2.45) is 0 Å². The minimum Gasteiger partial charge on any atom is -0.455 e. The van der Waals surface area contributed by atoms with Gasteiger partial charge in [0, 0.05) is 60.2 Å². The number of fused-ring (bicyclic) bond motifs is 20. The van der Waals surface area contributed by atoms with Crippen molar-refractivity contribution in [3.63, 3.8) is 0 Å². The highest BCUT2D eigenvalue weighted by Crippen LogP contribution is 2.61. The molecule has 0 aliphatic heterocycles. The van der Waals surface area contributed by atoms with Crippen LogP contribution >= 0.6 is 0 Å². The van der Waals surface area contributed by atoms with Crippen molar-refractivity contribution in [2.45, 2.75) is 131 Å². The molecule has 8 aromatic carbocycles. The van der Waals surface area contributed by atoms with Crippen LogP contribution in [0.25, 0.3) is 77.3 Å². The molecule has 0 radical (unpaired) electrons. The van der Waals surface area contributed by atoms with Gasteiger partial charge in [-0.25, -0.2) is 0 Å². The third-order valence-electron chi connectivity index (χ3n) is 18.1. The molecule has 1 atom stereocenters. The van der Waals surface area contributed by atoms with Gasteiger partial charge in [-0.05, 0) is 142 Å². The van der Waals surface area contributed by atoms with Gasteiger partial charge in [-0.15, -0.1) is 0 Å². The Morgan fingerprint density at radius 3 is 1.42 bits per heavy atom. The Morgan fingerprint density at radius 2 is 0.865 bits per heavy atom. The van der Waals surface area contributed by atoms with Crippen LogP contribution in [0.4, 0.5) is 0 Å². The van der Waals surface area contributed by atoms with E-state index in [2.05, 4.69) is 235 Å². The summed E-state index contributed by atoms with van der Waals surface area (Å²) in [5, 5.41) is 4.83. The minimum atomic E-state index is -0.0650. The van der Waals surface area contributed by atoms with Gasteiger partial charge in [0.15, 0.2) is 0 Å². The van der Waals surface area contributed by atoms with Crippen LogP contribution in [0.15, 0.2) is 172 Å². The SMILES string of the molecule is CC.CC1=CCC2C(=C1)C(C)(C)c1cc3c(cc12)C(C)(C)c1ccc2c(oc4ccccc42)c1-3.Cc1ccc2c(c1)C(C)(C)c1cc3c(cc1-2)C(C)(C)c1ccc2c(oc4ccccc42)c1-3.Cc1ccccc1C. The van der Waals surface area contributed by atoms with Crippen LogP contribution in [-0.2, 0) is 21.7 Å². The molecule has 15 rings (SSSR count). The number of aryl methyl sites for hydroxylation is 3. The Balaban J connectivity index is 0.000000127. The van der Waals surface area contributed by atoms with Gasteiger partial charge in [0.05, 0.1) is 0 Å². The summed E-state index contributed by atoms with van der Waals surface area (Å²) in [6.45, 7) is 31.7. The zero-order chi connectivity index (χ0) is 52.0. The van der Waals surface area contributed by atoms with Gasteiger partial charge in [0.2, 0.25) is 0 Å². The Bertz CT molecular complexity index is 4030. The molecule has 2 nitrogen and oxygen atoms in total. The number of allylic oxidation sites excluding steroid dienone is 4. The van der Waals surface area contributed by atoms with Gasteiger partial charge in [-0.2, -0.15) is 0 Å². The van der Waals surface area contributed by atoms with Crippen molar-refractivity contribution in [3.8, 4) is 33.4 Å². The number of para-hydroxylation sites is 2. The average molecular weight is 967 g/mol. The van der Waals surface area contributed by atoms with E-state index in [1.165, 1.54) is 122 Å². The molecule has 5 aliphatic rings. The fourth-order valence-corrected chi connectivity index (χ4v) is 13.8. The van der Waals surface area contributed by atoms with Crippen molar-refractivity contribution in [1.82, 2.24) is 0 Å². The molecule has 0 fully saturated rings. The first kappa shape index (κ1) is 47.8. The van der Waals surface area contributed by atoms with E-state index in [1.807, 2.05) is 13.8 Å². The molecule has 2 heteroatoms. The van der Waals surface area contributed by atoms with Gasteiger partial charge in [-0.3, -0.25) is 0 Å². The molecular weight excluding hydrogens is 897 g/mol. The lowest BCUT2D eigenvalue weighted by molar-refractivity contribution is 0.610. The van der Waals surface area contributed by atoms with E-state index in [0.29, 0.717) is 5.92 Å². The largest absolute Gasteiger partial charge is 0.455 e. The summed E-state index contributed by atoms with van der Waals surface area (Å²) in [4.78, 5) is 0. The lowest BCUT2D eigenvalue weighted by Gasteiger charge is -2.26. The maximum absolute atomic E-state index is 6.51. The second kappa shape index (κ2) is 16.7. The third-order valence-corrected chi connectivity index (χ3v) is 18.1. The molecule has 0 amide bonds. The lowest BCUT2D eigenvalue weighted by atomic mass is 9.77. The summed E-state index contributed by atoms with van der Waals surface area (Å²) in [5.41, 5.74) is 30.6. The van der Waals surface area contributed by atoms with Crippen molar-refractivity contribution < 1.29 is 8.83 Å². The molecular formula is C72H70O2. The van der Waals surface area contributed by atoms with Gasteiger partial charge in [0.25, 0.3) is 0 Å². The third kappa shape index (κ3) is 6.75. The van der Waals surface area contributed by atoms with Crippen LogP contribution in [0.1, 0.15) is 150 Å². The van der Waals surface area contributed by atoms with Crippen molar-refractivity contribution in [1.29, 1.82) is 0 Å². The van der Waals surface area contributed by atoms with Gasteiger partial charge in [0.1, 0.15) is 22.3 Å². The van der Waals surface area contributed by atoms with Crippen LogP contribution in [0.2, 0.25) is 0 Å². The van der Waals surface area contributed by atoms with E-state index in [9.17, 15) is 0 Å². The second-order valence-corrected chi connectivity index (χ2v) is 23.8. The fourth-order valence-electron chi connectivity index (χ4n) is 13.8. The summed E-state index contributed by atoms with van der Waals surface area (Å²) < 4.78 is 13.0. The molecule has 1 unspecified atom stereocenters. The molecule has 0 bridgehead atoms. The Kier molecular flexibility index (Phi) is 10.8. The van der Waals surface area contributed by atoms with Crippen molar-refractivity contribution in [2.75, 3.05) is 0 Å². The predicted octanol–water partition coefficient (Wildman–Crippen LogP) is 20.4. The first-order chi connectivity index (χ1) is 35.4. The minimum absolute atomic E-state index is 0.0135. The van der Waals surface area contributed by atoms with E-state index >= 15 is 0 Å². The van der Waals surface area contributed by atoms with Crippen molar-refractivity contribution >= 4 is 43.9 Å². The molecule has 0 saturated carbocycles.